The summed E-state index contributed by atoms with van der Waals surface area (Å²) in [5.41, 5.74) is 0.594. The SMILES string of the molecule is CCCOc1ccc(C(=O)c2c(F)cc(C)cc2OC(C)=O)cc1. The van der Waals surface area contributed by atoms with E-state index in [4.69, 9.17) is 9.47 Å². The van der Waals surface area contributed by atoms with E-state index in [9.17, 15) is 14.0 Å². The summed E-state index contributed by atoms with van der Waals surface area (Å²) in [5.74, 6) is -1.32. The lowest BCUT2D eigenvalue weighted by atomic mass is 10.00. The first-order chi connectivity index (χ1) is 11.4. The highest BCUT2D eigenvalue weighted by Crippen LogP contribution is 2.27. The Labute approximate surface area is 140 Å². The lowest BCUT2D eigenvalue weighted by Gasteiger charge is -2.11. The highest BCUT2D eigenvalue weighted by molar-refractivity contribution is 6.11. The zero-order valence-corrected chi connectivity index (χ0v) is 13.9. The second kappa shape index (κ2) is 7.73. The lowest BCUT2D eigenvalue weighted by molar-refractivity contribution is -0.131. The van der Waals surface area contributed by atoms with Gasteiger partial charge in [-0.05, 0) is 55.3 Å². The predicted molar refractivity (Wildman–Crippen MR) is 88.1 cm³/mol. The van der Waals surface area contributed by atoms with Crippen molar-refractivity contribution >= 4 is 11.8 Å². The highest BCUT2D eigenvalue weighted by atomic mass is 19.1. The second-order valence-corrected chi connectivity index (χ2v) is 5.42. The van der Waals surface area contributed by atoms with E-state index in [-0.39, 0.29) is 16.9 Å². The van der Waals surface area contributed by atoms with Crippen LogP contribution in [0, 0.1) is 12.7 Å². The maximum absolute atomic E-state index is 14.3. The average molecular weight is 330 g/mol. The molecule has 0 radical (unpaired) electrons. The Balaban J connectivity index is 2.36. The van der Waals surface area contributed by atoms with Crippen LogP contribution in [0.4, 0.5) is 4.39 Å². The number of esters is 1. The molecule has 0 fully saturated rings. The number of benzene rings is 2. The number of carbonyl (C=O) groups is 2. The summed E-state index contributed by atoms with van der Waals surface area (Å²) in [7, 11) is 0. The molecule has 4 nitrogen and oxygen atoms in total. The minimum Gasteiger partial charge on any atom is -0.494 e. The minimum absolute atomic E-state index is 0.0729. The molecule has 5 heteroatoms. The van der Waals surface area contributed by atoms with Crippen molar-refractivity contribution in [2.24, 2.45) is 0 Å². The number of rotatable bonds is 6. The van der Waals surface area contributed by atoms with E-state index in [1.54, 1.807) is 31.2 Å². The van der Waals surface area contributed by atoms with Gasteiger partial charge < -0.3 is 9.47 Å². The molecule has 0 aliphatic heterocycles. The van der Waals surface area contributed by atoms with Gasteiger partial charge in [-0.2, -0.15) is 0 Å². The number of carbonyl (C=O) groups excluding carboxylic acids is 2. The smallest absolute Gasteiger partial charge is 0.308 e. The molecule has 126 valence electrons. The summed E-state index contributed by atoms with van der Waals surface area (Å²) in [5, 5.41) is 0. The minimum atomic E-state index is -0.720. The quantitative estimate of drug-likeness (QED) is 0.455. The normalized spacial score (nSPS) is 10.3. The zero-order chi connectivity index (χ0) is 17.7. The first kappa shape index (κ1) is 17.7. The first-order valence-corrected chi connectivity index (χ1v) is 7.68. The third kappa shape index (κ3) is 4.19. The molecule has 0 aromatic heterocycles. The molecule has 0 heterocycles. The van der Waals surface area contributed by atoms with Crippen molar-refractivity contribution in [3.05, 3.63) is 58.9 Å². The lowest BCUT2D eigenvalue weighted by Crippen LogP contribution is -2.11. The summed E-state index contributed by atoms with van der Waals surface area (Å²) >= 11 is 0. The second-order valence-electron chi connectivity index (χ2n) is 5.42. The highest BCUT2D eigenvalue weighted by Gasteiger charge is 2.21. The summed E-state index contributed by atoms with van der Waals surface area (Å²) in [4.78, 5) is 23.9. The van der Waals surface area contributed by atoms with Crippen LogP contribution in [0.5, 0.6) is 11.5 Å². The van der Waals surface area contributed by atoms with Crippen LogP contribution >= 0.6 is 0 Å². The summed E-state index contributed by atoms with van der Waals surface area (Å²) < 4.78 is 24.8. The van der Waals surface area contributed by atoms with E-state index in [0.29, 0.717) is 17.9 Å². The van der Waals surface area contributed by atoms with Gasteiger partial charge in [-0.25, -0.2) is 4.39 Å². The Morgan fingerprint density at radius 1 is 1.12 bits per heavy atom. The van der Waals surface area contributed by atoms with Crippen molar-refractivity contribution in [2.75, 3.05) is 6.61 Å². The molecule has 2 aromatic carbocycles. The van der Waals surface area contributed by atoms with Gasteiger partial charge in [-0.15, -0.1) is 0 Å². The first-order valence-electron chi connectivity index (χ1n) is 7.68. The Hall–Kier alpha value is -2.69. The Kier molecular flexibility index (Phi) is 5.68. The van der Waals surface area contributed by atoms with E-state index >= 15 is 0 Å². The number of halogens is 1. The molecular weight excluding hydrogens is 311 g/mol. The summed E-state index contributed by atoms with van der Waals surface area (Å²) in [6.45, 7) is 5.43. The maximum Gasteiger partial charge on any atom is 0.308 e. The van der Waals surface area contributed by atoms with Crippen molar-refractivity contribution in [1.29, 1.82) is 0 Å². The molecular formula is C19H19FO4. The number of ether oxygens (including phenoxy) is 2. The molecule has 0 aliphatic rings. The van der Waals surface area contributed by atoms with E-state index in [2.05, 4.69) is 0 Å². The average Bonchev–Trinajstić information content (AvgIpc) is 2.52. The van der Waals surface area contributed by atoms with Crippen LogP contribution in [0.3, 0.4) is 0 Å². The van der Waals surface area contributed by atoms with Gasteiger partial charge in [0.15, 0.2) is 5.78 Å². The van der Waals surface area contributed by atoms with Crippen molar-refractivity contribution < 1.29 is 23.5 Å². The maximum atomic E-state index is 14.3. The molecule has 0 bridgehead atoms. The fraction of sp³-hybridized carbons (Fsp3) is 0.263. The van der Waals surface area contributed by atoms with Crippen LogP contribution in [-0.2, 0) is 4.79 Å². The van der Waals surface area contributed by atoms with Gasteiger partial charge in [0.05, 0.1) is 6.61 Å². The van der Waals surface area contributed by atoms with Gasteiger partial charge >= 0.3 is 5.97 Å². The molecule has 0 unspecified atom stereocenters. The van der Waals surface area contributed by atoms with Crippen molar-refractivity contribution in [3.8, 4) is 11.5 Å². The Morgan fingerprint density at radius 2 is 1.79 bits per heavy atom. The Bertz CT molecular complexity index is 751. The van der Waals surface area contributed by atoms with Crippen molar-refractivity contribution in [1.82, 2.24) is 0 Å². The number of hydrogen-bond acceptors (Lipinski definition) is 4. The van der Waals surface area contributed by atoms with E-state index in [1.807, 2.05) is 6.92 Å². The number of hydrogen-bond donors (Lipinski definition) is 0. The number of aryl methyl sites for hydroxylation is 1. The fourth-order valence-corrected chi connectivity index (χ4v) is 2.23. The van der Waals surface area contributed by atoms with Gasteiger partial charge in [0.25, 0.3) is 0 Å². The van der Waals surface area contributed by atoms with Gasteiger partial charge in [0, 0.05) is 12.5 Å². The standard InChI is InChI=1S/C19H19FO4/c1-4-9-23-15-7-5-14(6-8-15)19(22)18-16(20)10-12(2)11-17(18)24-13(3)21/h5-8,10-11H,4,9H2,1-3H3. The van der Waals surface area contributed by atoms with Crippen LogP contribution in [0.1, 0.15) is 41.8 Å². The van der Waals surface area contributed by atoms with Gasteiger partial charge in [-0.1, -0.05) is 6.92 Å². The topological polar surface area (TPSA) is 52.6 Å². The molecule has 0 spiro atoms. The molecule has 24 heavy (non-hydrogen) atoms. The molecule has 0 atom stereocenters. The largest absolute Gasteiger partial charge is 0.494 e. The number of ketones is 1. The fourth-order valence-electron chi connectivity index (χ4n) is 2.23. The van der Waals surface area contributed by atoms with Crippen LogP contribution in [0.25, 0.3) is 0 Å². The molecule has 0 N–H and O–H groups in total. The van der Waals surface area contributed by atoms with Crippen LogP contribution in [0.15, 0.2) is 36.4 Å². The third-order valence-corrected chi connectivity index (χ3v) is 3.27. The van der Waals surface area contributed by atoms with E-state index in [0.717, 1.165) is 6.42 Å². The van der Waals surface area contributed by atoms with Crippen LogP contribution in [-0.4, -0.2) is 18.4 Å². The summed E-state index contributed by atoms with van der Waals surface area (Å²) in [6, 6.07) is 9.13. The van der Waals surface area contributed by atoms with Crippen molar-refractivity contribution in [2.45, 2.75) is 27.2 Å². The van der Waals surface area contributed by atoms with Gasteiger partial charge in [0.1, 0.15) is 22.9 Å². The molecule has 0 saturated carbocycles. The zero-order valence-electron chi connectivity index (χ0n) is 13.9. The molecule has 0 aliphatic carbocycles. The molecule has 2 aromatic rings. The van der Waals surface area contributed by atoms with Gasteiger partial charge in [-0.3, -0.25) is 9.59 Å². The van der Waals surface area contributed by atoms with Crippen LogP contribution < -0.4 is 9.47 Å². The molecule has 0 saturated heterocycles. The van der Waals surface area contributed by atoms with Crippen LogP contribution in [0.2, 0.25) is 0 Å². The summed E-state index contributed by atoms with van der Waals surface area (Å²) in [6.07, 6.45) is 0.876. The monoisotopic (exact) mass is 330 g/mol. The molecule has 0 amide bonds. The van der Waals surface area contributed by atoms with E-state index in [1.165, 1.54) is 19.1 Å². The van der Waals surface area contributed by atoms with E-state index < -0.39 is 17.6 Å². The van der Waals surface area contributed by atoms with Gasteiger partial charge in [0.2, 0.25) is 0 Å². The molecule has 2 rings (SSSR count). The third-order valence-electron chi connectivity index (χ3n) is 3.27. The predicted octanol–water partition coefficient (Wildman–Crippen LogP) is 4.08. The van der Waals surface area contributed by atoms with Crippen molar-refractivity contribution in [3.63, 3.8) is 0 Å². The Morgan fingerprint density at radius 3 is 2.38 bits per heavy atom.